The molecule has 3 rings (SSSR count). The summed E-state index contributed by atoms with van der Waals surface area (Å²) in [5.74, 6) is 0.443. The van der Waals surface area contributed by atoms with Crippen LogP contribution < -0.4 is 0 Å². The third-order valence-corrected chi connectivity index (χ3v) is 3.77. The average molecular weight is 388 g/mol. The maximum absolute atomic E-state index is 6.21. The van der Waals surface area contributed by atoms with Gasteiger partial charge in [0.25, 0.3) is 5.78 Å². The summed E-state index contributed by atoms with van der Waals surface area (Å²) in [6, 6.07) is 9.76. The van der Waals surface area contributed by atoms with E-state index in [0.717, 1.165) is 15.7 Å². The monoisotopic (exact) mass is 386 g/mol. The first-order chi connectivity index (χ1) is 8.66. The van der Waals surface area contributed by atoms with Crippen molar-refractivity contribution in [2.75, 3.05) is 0 Å². The van der Waals surface area contributed by atoms with Gasteiger partial charge >= 0.3 is 0 Å². The van der Waals surface area contributed by atoms with Crippen molar-refractivity contribution in [3.05, 3.63) is 44.8 Å². The van der Waals surface area contributed by atoms with Gasteiger partial charge in [-0.05, 0) is 37.4 Å². The second-order valence-electron chi connectivity index (χ2n) is 3.53. The Morgan fingerprint density at radius 2 is 1.78 bits per heavy atom. The van der Waals surface area contributed by atoms with Crippen LogP contribution in [0.5, 0.6) is 0 Å². The van der Waals surface area contributed by atoms with Crippen LogP contribution >= 0.6 is 43.5 Å². The molecule has 1 aromatic carbocycles. The summed E-state index contributed by atoms with van der Waals surface area (Å²) in [7, 11) is 0. The molecule has 0 aliphatic heterocycles. The molecule has 18 heavy (non-hydrogen) atoms. The van der Waals surface area contributed by atoms with E-state index in [4.69, 9.17) is 11.6 Å². The Balaban J connectivity index is 2.36. The predicted molar refractivity (Wildman–Crippen MR) is 76.6 cm³/mol. The van der Waals surface area contributed by atoms with Gasteiger partial charge in [0.1, 0.15) is 9.76 Å². The Bertz CT molecular complexity index is 727. The zero-order valence-electron chi connectivity index (χ0n) is 8.81. The lowest BCUT2D eigenvalue weighted by Gasteiger charge is -2.07. The van der Waals surface area contributed by atoms with Crippen molar-refractivity contribution in [3.63, 3.8) is 0 Å². The number of hydrogen-bond donors (Lipinski definition) is 0. The van der Waals surface area contributed by atoms with Crippen LogP contribution in [-0.4, -0.2) is 19.6 Å². The van der Waals surface area contributed by atoms with Crippen LogP contribution in [-0.2, 0) is 0 Å². The summed E-state index contributed by atoms with van der Waals surface area (Å²) in [4.78, 5) is 8.34. The largest absolute Gasteiger partial charge is 0.255 e. The van der Waals surface area contributed by atoms with Gasteiger partial charge in [-0.25, -0.2) is 0 Å². The Hall–Kier alpha value is -0.980. The van der Waals surface area contributed by atoms with Crippen molar-refractivity contribution in [1.29, 1.82) is 0 Å². The molecule has 7 heteroatoms. The minimum Gasteiger partial charge on any atom is -0.198 e. The fourth-order valence-corrected chi connectivity index (χ4v) is 3.02. The SMILES string of the molecule is Clc1nc2nc(Br)nn2c(Br)c1-c1ccccc1. The summed E-state index contributed by atoms with van der Waals surface area (Å²) in [5.41, 5.74) is 1.76. The van der Waals surface area contributed by atoms with E-state index in [1.165, 1.54) is 0 Å². The van der Waals surface area contributed by atoms with Gasteiger partial charge in [-0.1, -0.05) is 41.9 Å². The molecule has 0 aliphatic rings. The van der Waals surface area contributed by atoms with Crippen LogP contribution in [0.3, 0.4) is 0 Å². The third kappa shape index (κ3) is 1.94. The molecule has 0 bridgehead atoms. The highest BCUT2D eigenvalue weighted by molar-refractivity contribution is 9.10. The van der Waals surface area contributed by atoms with Crippen LogP contribution in [0.25, 0.3) is 16.9 Å². The zero-order valence-corrected chi connectivity index (χ0v) is 12.7. The average Bonchev–Trinajstić information content (AvgIpc) is 2.71. The van der Waals surface area contributed by atoms with Gasteiger partial charge in [0.15, 0.2) is 0 Å². The molecule has 0 radical (unpaired) electrons. The summed E-state index contributed by atoms with van der Waals surface area (Å²) >= 11 is 12.9. The molecule has 90 valence electrons. The van der Waals surface area contributed by atoms with E-state index in [2.05, 4.69) is 46.9 Å². The first kappa shape index (κ1) is 12.1. The van der Waals surface area contributed by atoms with Crippen LogP contribution in [0, 0.1) is 0 Å². The maximum Gasteiger partial charge on any atom is 0.255 e. The molecule has 2 heterocycles. The number of aromatic nitrogens is 4. The fourth-order valence-electron chi connectivity index (χ4n) is 1.66. The lowest BCUT2D eigenvalue weighted by Crippen LogP contribution is -1.97. The van der Waals surface area contributed by atoms with Crippen molar-refractivity contribution in [3.8, 4) is 11.1 Å². The molecule has 0 N–H and O–H groups in total. The van der Waals surface area contributed by atoms with Gasteiger partial charge in [0.2, 0.25) is 4.73 Å². The van der Waals surface area contributed by atoms with E-state index in [-0.39, 0.29) is 0 Å². The van der Waals surface area contributed by atoms with Gasteiger partial charge in [-0.15, -0.1) is 5.10 Å². The van der Waals surface area contributed by atoms with E-state index < -0.39 is 0 Å². The fraction of sp³-hybridized carbons (Fsp3) is 0. The van der Waals surface area contributed by atoms with Crippen molar-refractivity contribution < 1.29 is 0 Å². The summed E-state index contributed by atoms with van der Waals surface area (Å²) < 4.78 is 2.79. The van der Waals surface area contributed by atoms with Gasteiger partial charge in [-0.3, -0.25) is 0 Å². The number of fused-ring (bicyclic) bond motifs is 1. The molecule has 3 aromatic rings. The third-order valence-electron chi connectivity index (χ3n) is 2.42. The number of nitrogens with zero attached hydrogens (tertiary/aromatic N) is 4. The summed E-state index contributed by atoms with van der Waals surface area (Å²) in [6.45, 7) is 0. The van der Waals surface area contributed by atoms with Crippen LogP contribution in [0.15, 0.2) is 39.7 Å². The number of benzene rings is 1. The minimum atomic E-state index is 0.389. The molecule has 0 spiro atoms. The highest BCUT2D eigenvalue weighted by Crippen LogP contribution is 2.33. The molecule has 4 nitrogen and oxygen atoms in total. The molecule has 2 aromatic heterocycles. The Kier molecular flexibility index (Phi) is 3.09. The number of hydrogen-bond acceptors (Lipinski definition) is 3. The lowest BCUT2D eigenvalue weighted by atomic mass is 10.1. The molecule has 0 fully saturated rings. The molecule has 0 aliphatic carbocycles. The van der Waals surface area contributed by atoms with E-state index in [0.29, 0.717) is 15.7 Å². The highest BCUT2D eigenvalue weighted by atomic mass is 79.9. The van der Waals surface area contributed by atoms with E-state index >= 15 is 0 Å². The van der Waals surface area contributed by atoms with Gasteiger partial charge < -0.3 is 0 Å². The van der Waals surface area contributed by atoms with Crippen molar-refractivity contribution in [1.82, 2.24) is 19.6 Å². The van der Waals surface area contributed by atoms with Gasteiger partial charge in [-0.2, -0.15) is 14.5 Å². The second-order valence-corrected chi connectivity index (χ2v) is 5.35. The zero-order chi connectivity index (χ0) is 12.7. The van der Waals surface area contributed by atoms with Crippen LogP contribution in [0.2, 0.25) is 5.15 Å². The topological polar surface area (TPSA) is 43.1 Å². The minimum absolute atomic E-state index is 0.389. The van der Waals surface area contributed by atoms with E-state index in [1.807, 2.05) is 30.3 Å². The second kappa shape index (κ2) is 4.60. The summed E-state index contributed by atoms with van der Waals surface area (Å²) in [6.07, 6.45) is 0. The van der Waals surface area contributed by atoms with E-state index in [1.54, 1.807) is 4.52 Å². The quantitative estimate of drug-likeness (QED) is 0.593. The predicted octanol–water partition coefficient (Wildman–Crippen LogP) is 3.97. The lowest BCUT2D eigenvalue weighted by molar-refractivity contribution is 0.906. The maximum atomic E-state index is 6.21. The van der Waals surface area contributed by atoms with E-state index in [9.17, 15) is 0 Å². The molecule has 0 atom stereocenters. The standard InChI is InChI=1S/C11H5Br2ClN4/c12-8-7(6-4-2-1-3-5-6)9(14)15-11-16-10(13)17-18(8)11/h1-5H. The number of halogens is 3. The Morgan fingerprint density at radius 3 is 2.50 bits per heavy atom. The van der Waals surface area contributed by atoms with Gasteiger partial charge in [0.05, 0.1) is 5.56 Å². The van der Waals surface area contributed by atoms with Crippen molar-refractivity contribution in [2.24, 2.45) is 0 Å². The van der Waals surface area contributed by atoms with Crippen molar-refractivity contribution in [2.45, 2.75) is 0 Å². The van der Waals surface area contributed by atoms with Crippen LogP contribution in [0.1, 0.15) is 0 Å². The molecule has 0 amide bonds. The molecule has 0 unspecified atom stereocenters. The molecule has 0 saturated heterocycles. The molecular weight excluding hydrogens is 383 g/mol. The summed E-state index contributed by atoms with van der Waals surface area (Å²) in [5, 5.41) is 4.58. The molecule has 0 saturated carbocycles. The van der Waals surface area contributed by atoms with Gasteiger partial charge in [0, 0.05) is 0 Å². The molecular formula is C11H5Br2ClN4. The Labute approximate surface area is 124 Å². The first-order valence-corrected chi connectivity index (χ1v) is 6.96. The normalized spacial score (nSPS) is 11.1. The van der Waals surface area contributed by atoms with Crippen LogP contribution in [0.4, 0.5) is 0 Å². The smallest absolute Gasteiger partial charge is 0.198 e. The first-order valence-electron chi connectivity index (χ1n) is 4.99. The Morgan fingerprint density at radius 1 is 1.06 bits per heavy atom. The number of rotatable bonds is 1. The van der Waals surface area contributed by atoms with Crippen molar-refractivity contribution >= 4 is 49.2 Å². The highest BCUT2D eigenvalue weighted by Gasteiger charge is 2.16.